The molecule has 0 amide bonds. The average Bonchev–Trinajstić information content (AvgIpc) is 2.97. The number of carbonyl (C=O) groups is 1. The van der Waals surface area contributed by atoms with Crippen LogP contribution in [0.4, 0.5) is 5.69 Å². The second kappa shape index (κ2) is 6.29. The van der Waals surface area contributed by atoms with Crippen LogP contribution in [0.15, 0.2) is 23.4 Å². The molecular weight excluding hydrogens is 250 g/mol. The first kappa shape index (κ1) is 13.5. The van der Waals surface area contributed by atoms with E-state index in [1.54, 1.807) is 0 Å². The van der Waals surface area contributed by atoms with Crippen molar-refractivity contribution in [2.75, 3.05) is 20.3 Å². The van der Waals surface area contributed by atoms with Crippen LogP contribution < -0.4 is 4.74 Å². The largest absolute Gasteiger partial charge is 0.488 e. The summed E-state index contributed by atoms with van der Waals surface area (Å²) in [6.07, 6.45) is 1.97. The predicted octanol–water partition coefficient (Wildman–Crippen LogP) is 2.43. The molecule has 2 rings (SSSR count). The first-order valence-electron chi connectivity index (χ1n) is 6.04. The first-order chi connectivity index (χ1) is 9.24. The number of ether oxygens (including phenoxy) is 3. The average molecular weight is 265 g/mol. The smallest absolute Gasteiger partial charge is 0.337 e. The monoisotopic (exact) mass is 265 g/mol. The summed E-state index contributed by atoms with van der Waals surface area (Å²) < 4.78 is 15.6. The second-order valence-electron chi connectivity index (χ2n) is 4.21. The summed E-state index contributed by atoms with van der Waals surface area (Å²) in [7, 11) is 1.29. The summed E-state index contributed by atoms with van der Waals surface area (Å²) in [5, 5.41) is 2.87. The first-order valence-corrected chi connectivity index (χ1v) is 6.04. The summed E-state index contributed by atoms with van der Waals surface area (Å²) in [4.78, 5) is 22.1. The van der Waals surface area contributed by atoms with Crippen LogP contribution in [0.2, 0.25) is 0 Å². The van der Waals surface area contributed by atoms with E-state index >= 15 is 0 Å². The molecule has 1 heterocycles. The Labute approximate surface area is 110 Å². The highest BCUT2D eigenvalue weighted by atomic mass is 16.5. The second-order valence-corrected chi connectivity index (χ2v) is 4.21. The lowest BCUT2D eigenvalue weighted by atomic mass is 10.2. The van der Waals surface area contributed by atoms with Crippen molar-refractivity contribution in [2.45, 2.75) is 18.9 Å². The van der Waals surface area contributed by atoms with Gasteiger partial charge in [-0.3, -0.25) is 0 Å². The Bertz CT molecular complexity index is 468. The van der Waals surface area contributed by atoms with Gasteiger partial charge in [0.05, 0.1) is 18.8 Å². The van der Waals surface area contributed by atoms with Crippen LogP contribution in [-0.4, -0.2) is 32.4 Å². The van der Waals surface area contributed by atoms with Gasteiger partial charge in [-0.25, -0.2) is 4.79 Å². The summed E-state index contributed by atoms with van der Waals surface area (Å²) in [5.74, 6) is -0.215. The summed E-state index contributed by atoms with van der Waals surface area (Å²) in [5.41, 5.74) is 0.475. The highest BCUT2D eigenvalue weighted by molar-refractivity contribution is 5.90. The molecule has 19 heavy (non-hydrogen) atoms. The van der Waals surface area contributed by atoms with Crippen LogP contribution in [0.25, 0.3) is 0 Å². The van der Waals surface area contributed by atoms with Crippen LogP contribution >= 0.6 is 0 Å². The van der Waals surface area contributed by atoms with Crippen LogP contribution in [0.5, 0.6) is 5.75 Å². The van der Waals surface area contributed by atoms with E-state index in [1.165, 1.54) is 25.3 Å². The molecule has 0 aromatic heterocycles. The van der Waals surface area contributed by atoms with Crippen molar-refractivity contribution in [1.29, 1.82) is 0 Å². The van der Waals surface area contributed by atoms with Gasteiger partial charge in [0.25, 0.3) is 0 Å². The normalized spacial score (nSPS) is 18.1. The summed E-state index contributed by atoms with van der Waals surface area (Å²) in [6, 6.07) is 4.36. The van der Waals surface area contributed by atoms with E-state index in [2.05, 4.69) is 9.91 Å². The lowest BCUT2D eigenvalue weighted by molar-refractivity contribution is 0.0598. The molecule has 6 nitrogen and oxygen atoms in total. The van der Waals surface area contributed by atoms with Gasteiger partial charge in [0, 0.05) is 6.61 Å². The zero-order valence-corrected chi connectivity index (χ0v) is 10.6. The van der Waals surface area contributed by atoms with Crippen LogP contribution in [-0.2, 0) is 9.47 Å². The Balaban J connectivity index is 2.11. The lowest BCUT2D eigenvalue weighted by Gasteiger charge is -2.12. The minimum Gasteiger partial charge on any atom is -0.488 e. The van der Waals surface area contributed by atoms with Crippen molar-refractivity contribution in [3.05, 3.63) is 28.7 Å². The molecule has 1 aliphatic heterocycles. The van der Waals surface area contributed by atoms with Crippen molar-refractivity contribution < 1.29 is 19.0 Å². The van der Waals surface area contributed by atoms with Gasteiger partial charge in [-0.1, -0.05) is 0 Å². The van der Waals surface area contributed by atoms with Crippen LogP contribution in [0.1, 0.15) is 23.2 Å². The molecule has 1 aliphatic rings. The molecule has 1 saturated heterocycles. The van der Waals surface area contributed by atoms with Crippen molar-refractivity contribution in [2.24, 2.45) is 5.18 Å². The molecule has 0 saturated carbocycles. The van der Waals surface area contributed by atoms with Gasteiger partial charge in [-0.2, -0.15) is 0 Å². The lowest BCUT2D eigenvalue weighted by Crippen LogP contribution is -2.16. The van der Waals surface area contributed by atoms with E-state index in [1.807, 2.05) is 0 Å². The van der Waals surface area contributed by atoms with E-state index in [-0.39, 0.29) is 17.5 Å². The number of hydrogen-bond donors (Lipinski definition) is 0. The van der Waals surface area contributed by atoms with Crippen LogP contribution in [0.3, 0.4) is 0 Å². The molecule has 1 unspecified atom stereocenters. The number of nitrogens with zero attached hydrogens (tertiary/aromatic N) is 1. The Hall–Kier alpha value is -1.95. The fourth-order valence-corrected chi connectivity index (χ4v) is 1.91. The highest BCUT2D eigenvalue weighted by Crippen LogP contribution is 2.29. The maximum atomic E-state index is 11.4. The third kappa shape index (κ3) is 3.29. The molecule has 0 spiro atoms. The van der Waals surface area contributed by atoms with Gasteiger partial charge in [-0.15, -0.1) is 4.91 Å². The molecule has 1 fully saturated rings. The van der Waals surface area contributed by atoms with Gasteiger partial charge >= 0.3 is 5.97 Å². The Kier molecular flexibility index (Phi) is 4.46. The van der Waals surface area contributed by atoms with Crippen molar-refractivity contribution >= 4 is 11.7 Å². The predicted molar refractivity (Wildman–Crippen MR) is 67.7 cm³/mol. The highest BCUT2D eigenvalue weighted by Gasteiger charge is 2.18. The van der Waals surface area contributed by atoms with E-state index in [9.17, 15) is 9.70 Å². The van der Waals surface area contributed by atoms with E-state index in [0.29, 0.717) is 12.2 Å². The maximum absolute atomic E-state index is 11.4. The fraction of sp³-hybridized carbons (Fsp3) is 0.462. The Morgan fingerprint density at radius 1 is 1.53 bits per heavy atom. The minimum atomic E-state index is -0.487. The fourth-order valence-electron chi connectivity index (χ4n) is 1.91. The molecule has 0 radical (unpaired) electrons. The summed E-state index contributed by atoms with van der Waals surface area (Å²) in [6.45, 7) is 1.07. The number of methoxy groups -OCH3 is 1. The zero-order valence-electron chi connectivity index (χ0n) is 10.6. The van der Waals surface area contributed by atoms with Crippen molar-refractivity contribution in [3.63, 3.8) is 0 Å². The van der Waals surface area contributed by atoms with Gasteiger partial charge in [0.2, 0.25) is 0 Å². The van der Waals surface area contributed by atoms with Crippen molar-refractivity contribution in [1.82, 2.24) is 0 Å². The van der Waals surface area contributed by atoms with E-state index in [0.717, 1.165) is 19.4 Å². The standard InChI is InChI=1S/C13H15NO5/c1-17-13(15)9-4-5-11(14-16)12(7-9)19-8-10-3-2-6-18-10/h4-5,7,10H,2-3,6,8H2,1H3. The van der Waals surface area contributed by atoms with E-state index in [4.69, 9.17) is 9.47 Å². The Morgan fingerprint density at radius 3 is 3.00 bits per heavy atom. The third-order valence-electron chi connectivity index (χ3n) is 2.93. The number of rotatable bonds is 5. The topological polar surface area (TPSA) is 74.2 Å². The van der Waals surface area contributed by atoms with Gasteiger partial charge in [-0.05, 0) is 36.2 Å². The maximum Gasteiger partial charge on any atom is 0.337 e. The molecule has 0 N–H and O–H groups in total. The minimum absolute atomic E-state index is 0.0290. The van der Waals surface area contributed by atoms with Gasteiger partial charge in [0.15, 0.2) is 0 Å². The van der Waals surface area contributed by atoms with E-state index < -0.39 is 5.97 Å². The third-order valence-corrected chi connectivity index (χ3v) is 2.93. The Morgan fingerprint density at radius 2 is 2.37 bits per heavy atom. The number of hydrogen-bond acceptors (Lipinski definition) is 6. The molecular formula is C13H15NO5. The van der Waals surface area contributed by atoms with Crippen LogP contribution in [0, 0.1) is 4.91 Å². The van der Waals surface area contributed by atoms with Gasteiger partial charge < -0.3 is 14.2 Å². The molecule has 1 aromatic carbocycles. The number of nitroso groups, excluding NO2 is 1. The summed E-state index contributed by atoms with van der Waals surface area (Å²) >= 11 is 0. The molecule has 102 valence electrons. The zero-order chi connectivity index (χ0) is 13.7. The molecule has 0 aliphatic carbocycles. The number of carbonyl (C=O) groups excluding carboxylic acids is 1. The molecule has 6 heteroatoms. The van der Waals surface area contributed by atoms with Gasteiger partial charge in [0.1, 0.15) is 18.0 Å². The molecule has 0 bridgehead atoms. The number of esters is 1. The SMILES string of the molecule is COC(=O)c1ccc(N=O)c(OCC2CCCO2)c1. The molecule has 1 aromatic rings. The van der Waals surface area contributed by atoms with Crippen molar-refractivity contribution in [3.8, 4) is 5.75 Å². The molecule has 1 atom stereocenters. The quantitative estimate of drug-likeness (QED) is 0.603. The number of benzene rings is 1.